The third kappa shape index (κ3) is 4.53. The monoisotopic (exact) mass is 379 g/mol. The molecule has 0 radical (unpaired) electrons. The summed E-state index contributed by atoms with van der Waals surface area (Å²) in [6, 6.07) is 7.89. The Hall–Kier alpha value is -1.50. The minimum absolute atomic E-state index is 0.109. The molecule has 0 aromatic heterocycles. The maximum Gasteiger partial charge on any atom is 0.425 e. The van der Waals surface area contributed by atoms with Gasteiger partial charge in [0.2, 0.25) is 0 Å². The van der Waals surface area contributed by atoms with Crippen LogP contribution in [0.1, 0.15) is 5.56 Å². The fourth-order valence-electron chi connectivity index (χ4n) is 1.59. The first-order valence-electron chi connectivity index (χ1n) is 6.05. The van der Waals surface area contributed by atoms with Crippen LogP contribution < -0.4 is 5.26 Å². The zero-order chi connectivity index (χ0) is 18.4. The largest absolute Gasteiger partial charge is 0.691 e. The zero-order valence-electron chi connectivity index (χ0n) is 11.5. The van der Waals surface area contributed by atoms with Crippen LogP contribution in [0.3, 0.4) is 0 Å². The Balaban J connectivity index is 2.94. The number of carbonyl (C=O) groups is 1. The quantitative estimate of drug-likeness (QED) is 0.238. The van der Waals surface area contributed by atoms with Crippen molar-refractivity contribution in [2.24, 2.45) is 0 Å². The Morgan fingerprint density at radius 1 is 1.04 bits per heavy atom. The lowest BCUT2D eigenvalue weighted by Gasteiger charge is -2.32. The first kappa shape index (κ1) is 20.5. The second-order valence-electron chi connectivity index (χ2n) is 4.27. The summed E-state index contributed by atoms with van der Waals surface area (Å²) in [7, 11) is 0. The number of carbonyl (C=O) groups excluding carboxylic acids is 1. The van der Waals surface area contributed by atoms with Crippen LogP contribution in [0, 0.1) is 0 Å². The predicted octanol–water partition coefficient (Wildman–Crippen LogP) is 2.51. The van der Waals surface area contributed by atoms with Gasteiger partial charge in [-0.3, -0.25) is 5.04 Å². The number of alkyl halides is 6. The summed E-state index contributed by atoms with van der Waals surface area (Å²) < 4.78 is 79.7. The van der Waals surface area contributed by atoms with Gasteiger partial charge in [0.1, 0.15) is 0 Å². The van der Waals surface area contributed by atoms with Gasteiger partial charge in [-0.15, -0.1) is 0 Å². The highest BCUT2D eigenvalue weighted by Gasteiger charge is 2.79. The molecule has 0 heterocycles. The van der Waals surface area contributed by atoms with E-state index in [9.17, 15) is 36.4 Å². The van der Waals surface area contributed by atoms with Crippen molar-refractivity contribution in [2.75, 3.05) is 6.61 Å². The molecule has 5 nitrogen and oxygen atoms in total. The molecule has 0 aliphatic heterocycles. The van der Waals surface area contributed by atoms with Crippen molar-refractivity contribution < 1.29 is 50.5 Å². The van der Waals surface area contributed by atoms with Crippen LogP contribution in [-0.2, 0) is 25.3 Å². The topological polar surface area (TPSA) is 67.8 Å². The molecular weight excluding hydrogens is 370 g/mol. The van der Waals surface area contributed by atoms with Crippen LogP contribution in [0.4, 0.5) is 26.3 Å². The molecule has 0 N–H and O–H groups in total. The summed E-state index contributed by atoms with van der Waals surface area (Å²) in [4.78, 5) is 11.5. The summed E-state index contributed by atoms with van der Waals surface area (Å²) in [6.45, 7) is -0.741. The Kier molecular flexibility index (Phi) is 6.89. The first-order valence-corrected chi connectivity index (χ1v) is 6.79. The number of halogens is 6. The second-order valence-corrected chi connectivity index (χ2v) is 5.18. The molecule has 12 heteroatoms. The highest BCUT2D eigenvalue weighted by molar-refractivity contribution is 7.96. The molecule has 24 heavy (non-hydrogen) atoms. The van der Waals surface area contributed by atoms with Crippen molar-refractivity contribution in [3.05, 3.63) is 35.9 Å². The van der Waals surface area contributed by atoms with E-state index in [0.717, 1.165) is 0 Å². The zero-order valence-corrected chi connectivity index (χ0v) is 12.3. The van der Waals surface area contributed by atoms with Gasteiger partial charge in [-0.05, 0) is 5.56 Å². The summed E-state index contributed by atoms with van der Waals surface area (Å²) in [5, 5.41) is 12.1. The molecule has 0 spiro atoms. The molecule has 0 atom stereocenters. The molecule has 0 fully saturated rings. The Labute approximate surface area is 135 Å². The Morgan fingerprint density at radius 3 is 2.04 bits per heavy atom. The lowest BCUT2D eigenvalue weighted by Crippen LogP contribution is -2.60. The van der Waals surface area contributed by atoms with Gasteiger partial charge in [0.25, 0.3) is 0 Å². The molecule has 0 unspecified atom stereocenters. The van der Waals surface area contributed by atoms with E-state index in [4.69, 9.17) is 0 Å². The number of benzene rings is 1. The molecule has 1 aromatic rings. The average molecular weight is 379 g/mol. The number of rotatable bonds is 7. The van der Waals surface area contributed by atoms with Gasteiger partial charge in [-0.2, -0.15) is 30.7 Å². The molecule has 1 rings (SSSR count). The number of hydrogen-bond donors (Lipinski definition) is 0. The van der Waals surface area contributed by atoms with Crippen molar-refractivity contribution in [2.45, 2.75) is 23.5 Å². The van der Waals surface area contributed by atoms with E-state index in [0.29, 0.717) is 5.56 Å². The second kappa shape index (κ2) is 8.05. The molecular formula is C12H9F6O5S-. The lowest BCUT2D eigenvalue weighted by atomic mass is 10.1. The SMILES string of the molecule is O=C(OCCc1ccccc1)C(SOO[O-])(C(F)(F)F)C(F)(F)F. The molecule has 0 bridgehead atoms. The smallest absolute Gasteiger partial charge is 0.425 e. The molecule has 0 aliphatic rings. The molecule has 0 saturated carbocycles. The maximum absolute atomic E-state index is 12.9. The fraction of sp³-hybridized carbons (Fsp3) is 0.417. The normalized spacial score (nSPS) is 13.0. The molecule has 136 valence electrons. The van der Waals surface area contributed by atoms with Crippen molar-refractivity contribution in [3.63, 3.8) is 0 Å². The summed E-state index contributed by atoms with van der Waals surface area (Å²) >= 11 is -1.52. The number of hydrogen-bond acceptors (Lipinski definition) is 6. The van der Waals surface area contributed by atoms with Gasteiger partial charge < -0.3 is 9.99 Å². The van der Waals surface area contributed by atoms with Gasteiger partial charge in [-0.25, -0.2) is 4.79 Å². The van der Waals surface area contributed by atoms with E-state index in [1.54, 1.807) is 18.2 Å². The highest BCUT2D eigenvalue weighted by atomic mass is 32.2. The predicted molar refractivity (Wildman–Crippen MR) is 65.7 cm³/mol. The van der Waals surface area contributed by atoms with Crippen LogP contribution in [0.25, 0.3) is 0 Å². The number of ether oxygens (including phenoxy) is 1. The first-order chi connectivity index (χ1) is 11.1. The standard InChI is InChI=1S/C12H10F6O5S/c13-11(14,15)10(12(16,17)18,24-23-22-20)9(19)21-7-6-8-4-2-1-3-5-8/h1-5,20H,6-7H2/p-1. The van der Waals surface area contributed by atoms with Crippen LogP contribution in [0.5, 0.6) is 0 Å². The summed E-state index contributed by atoms with van der Waals surface area (Å²) in [6.07, 6.45) is -12.4. The Bertz CT molecular complexity index is 519. The minimum atomic E-state index is -6.15. The van der Waals surface area contributed by atoms with Crippen LogP contribution in [0.15, 0.2) is 30.3 Å². The van der Waals surface area contributed by atoms with Gasteiger partial charge in [0.15, 0.2) is 0 Å². The van der Waals surface area contributed by atoms with Crippen molar-refractivity contribution >= 4 is 18.0 Å². The van der Waals surface area contributed by atoms with E-state index in [1.165, 1.54) is 12.1 Å². The van der Waals surface area contributed by atoms with Crippen LogP contribution in [-0.4, -0.2) is 29.7 Å². The van der Waals surface area contributed by atoms with Crippen molar-refractivity contribution in [3.8, 4) is 0 Å². The van der Waals surface area contributed by atoms with E-state index in [1.807, 2.05) is 0 Å². The molecule has 0 aliphatic carbocycles. The van der Waals surface area contributed by atoms with Crippen LogP contribution >= 0.6 is 12.0 Å². The third-order valence-electron chi connectivity index (χ3n) is 2.74. The molecule has 0 saturated heterocycles. The van der Waals surface area contributed by atoms with Gasteiger partial charge >= 0.3 is 23.1 Å². The van der Waals surface area contributed by atoms with Gasteiger partial charge in [0.05, 0.1) is 18.6 Å². The highest BCUT2D eigenvalue weighted by Crippen LogP contribution is 2.53. The lowest BCUT2D eigenvalue weighted by molar-refractivity contribution is -0.777. The Morgan fingerprint density at radius 2 is 1.58 bits per heavy atom. The summed E-state index contributed by atoms with van der Waals surface area (Å²) in [5.41, 5.74) is 0.529. The molecule has 1 aromatic carbocycles. The summed E-state index contributed by atoms with van der Waals surface area (Å²) in [5.74, 6) is -2.67. The minimum Gasteiger partial charge on any atom is -0.691 e. The van der Waals surface area contributed by atoms with Crippen molar-refractivity contribution in [1.29, 1.82) is 0 Å². The van der Waals surface area contributed by atoms with Crippen LogP contribution in [0.2, 0.25) is 0 Å². The van der Waals surface area contributed by atoms with E-state index in [-0.39, 0.29) is 6.42 Å². The molecule has 0 amide bonds. The maximum atomic E-state index is 12.9. The van der Waals surface area contributed by atoms with Gasteiger partial charge in [0, 0.05) is 6.42 Å². The third-order valence-corrected chi connectivity index (χ3v) is 3.74. The van der Waals surface area contributed by atoms with Crippen molar-refractivity contribution in [1.82, 2.24) is 0 Å². The average Bonchev–Trinajstić information content (AvgIpc) is 2.46. The van der Waals surface area contributed by atoms with E-state index in [2.05, 4.69) is 14.1 Å². The van der Waals surface area contributed by atoms with E-state index >= 15 is 0 Å². The fourth-order valence-corrected chi connectivity index (χ4v) is 2.04. The number of esters is 1. The van der Waals surface area contributed by atoms with E-state index < -0.39 is 41.7 Å². The van der Waals surface area contributed by atoms with Gasteiger partial charge in [-0.1, -0.05) is 30.3 Å².